The van der Waals surface area contributed by atoms with E-state index in [0.29, 0.717) is 0 Å². The van der Waals surface area contributed by atoms with Gasteiger partial charge in [0, 0.05) is 22.2 Å². The van der Waals surface area contributed by atoms with Gasteiger partial charge >= 0.3 is 14.1 Å². The Bertz CT molecular complexity index is 912. The SMILES string of the molecule is C1=COB(c2cccc(B3Nc4cccc5cccc(c45)N3)c2)O1. The Hall–Kier alpha value is -3.01. The second-order valence-electron chi connectivity index (χ2n) is 5.98. The topological polar surface area (TPSA) is 42.5 Å². The van der Waals surface area contributed by atoms with E-state index >= 15 is 0 Å². The molecule has 2 aliphatic rings. The third-order valence-electron chi connectivity index (χ3n) is 4.48. The summed E-state index contributed by atoms with van der Waals surface area (Å²) >= 11 is 0. The van der Waals surface area contributed by atoms with E-state index in [-0.39, 0.29) is 14.1 Å². The number of hydrogen-bond donors (Lipinski definition) is 2. The molecule has 0 amide bonds. The van der Waals surface area contributed by atoms with Gasteiger partial charge in [-0.25, -0.2) is 0 Å². The number of hydrogen-bond acceptors (Lipinski definition) is 4. The van der Waals surface area contributed by atoms with Crippen molar-refractivity contribution in [3.63, 3.8) is 0 Å². The van der Waals surface area contributed by atoms with Gasteiger partial charge in [-0.05, 0) is 23.0 Å². The monoisotopic (exact) mass is 312 g/mol. The molecule has 0 fully saturated rings. The van der Waals surface area contributed by atoms with Crippen molar-refractivity contribution < 1.29 is 9.31 Å². The van der Waals surface area contributed by atoms with Crippen molar-refractivity contribution >= 4 is 47.2 Å². The molecule has 3 aromatic carbocycles. The van der Waals surface area contributed by atoms with E-state index in [0.717, 1.165) is 22.3 Å². The Labute approximate surface area is 140 Å². The maximum atomic E-state index is 5.44. The second-order valence-corrected chi connectivity index (χ2v) is 5.98. The average molecular weight is 312 g/mol. The van der Waals surface area contributed by atoms with Crippen LogP contribution in [-0.4, -0.2) is 14.1 Å². The van der Waals surface area contributed by atoms with Crippen LogP contribution in [0.3, 0.4) is 0 Å². The van der Waals surface area contributed by atoms with E-state index in [2.05, 4.69) is 59.0 Å². The molecule has 5 rings (SSSR count). The molecule has 24 heavy (non-hydrogen) atoms. The molecule has 4 nitrogen and oxygen atoms in total. The molecule has 0 saturated carbocycles. The van der Waals surface area contributed by atoms with Crippen molar-refractivity contribution in [1.29, 1.82) is 0 Å². The highest BCUT2D eigenvalue weighted by Crippen LogP contribution is 2.33. The molecule has 2 N–H and O–H groups in total. The van der Waals surface area contributed by atoms with Gasteiger partial charge in [0.2, 0.25) is 0 Å². The van der Waals surface area contributed by atoms with Gasteiger partial charge in [0.05, 0.1) is 12.5 Å². The van der Waals surface area contributed by atoms with E-state index in [9.17, 15) is 0 Å². The molecule has 0 atom stereocenters. The first kappa shape index (κ1) is 13.4. The van der Waals surface area contributed by atoms with Crippen LogP contribution < -0.4 is 21.4 Å². The summed E-state index contributed by atoms with van der Waals surface area (Å²) in [6.45, 7) is -0.000174. The van der Waals surface area contributed by atoms with Crippen molar-refractivity contribution in [2.24, 2.45) is 0 Å². The maximum Gasteiger partial charge on any atom is 0.631 e. The van der Waals surface area contributed by atoms with Crippen LogP contribution in [0.2, 0.25) is 0 Å². The highest BCUT2D eigenvalue weighted by molar-refractivity contribution is 6.80. The molecule has 2 aliphatic heterocycles. The highest BCUT2D eigenvalue weighted by atomic mass is 16.6. The predicted octanol–water partition coefficient (Wildman–Crippen LogP) is 2.29. The van der Waals surface area contributed by atoms with E-state index < -0.39 is 0 Å². The van der Waals surface area contributed by atoms with E-state index in [1.165, 1.54) is 10.8 Å². The minimum Gasteiger partial charge on any atom is -0.525 e. The molecule has 0 bridgehead atoms. The molecule has 0 aliphatic carbocycles. The quantitative estimate of drug-likeness (QED) is 0.713. The lowest BCUT2D eigenvalue weighted by atomic mass is 9.64. The van der Waals surface area contributed by atoms with Gasteiger partial charge in [0.15, 0.2) is 0 Å². The Morgan fingerprint density at radius 3 is 2.04 bits per heavy atom. The Kier molecular flexibility index (Phi) is 2.95. The number of nitrogens with one attached hydrogen (secondary N) is 2. The smallest absolute Gasteiger partial charge is 0.525 e. The summed E-state index contributed by atoms with van der Waals surface area (Å²) < 4.78 is 10.9. The van der Waals surface area contributed by atoms with Crippen LogP contribution in [0.15, 0.2) is 73.2 Å². The fraction of sp³-hybridized carbons (Fsp3) is 0. The fourth-order valence-corrected chi connectivity index (χ4v) is 3.38. The predicted molar refractivity (Wildman–Crippen MR) is 99.7 cm³/mol. The lowest BCUT2D eigenvalue weighted by Gasteiger charge is -2.27. The molecule has 0 saturated heterocycles. The van der Waals surface area contributed by atoms with E-state index in [4.69, 9.17) is 9.31 Å². The minimum atomic E-state index is -0.357. The summed E-state index contributed by atoms with van der Waals surface area (Å²) in [6, 6.07) is 20.9. The summed E-state index contributed by atoms with van der Waals surface area (Å²) in [6.07, 6.45) is 3.15. The van der Waals surface area contributed by atoms with Crippen LogP contribution in [-0.2, 0) is 9.31 Å². The molecule has 0 unspecified atom stereocenters. The van der Waals surface area contributed by atoms with Gasteiger partial charge in [-0.3, -0.25) is 0 Å². The summed E-state index contributed by atoms with van der Waals surface area (Å²) in [7, 11) is -0.357. The zero-order valence-corrected chi connectivity index (χ0v) is 12.9. The number of benzene rings is 3. The Morgan fingerprint density at radius 1 is 0.708 bits per heavy atom. The first-order valence-electron chi connectivity index (χ1n) is 7.99. The van der Waals surface area contributed by atoms with Gasteiger partial charge in [-0.2, -0.15) is 0 Å². The first-order chi connectivity index (χ1) is 11.9. The van der Waals surface area contributed by atoms with Crippen molar-refractivity contribution in [1.82, 2.24) is 0 Å². The van der Waals surface area contributed by atoms with Crippen molar-refractivity contribution in [2.75, 3.05) is 10.5 Å². The maximum absolute atomic E-state index is 5.44. The van der Waals surface area contributed by atoms with Crippen LogP contribution in [0.25, 0.3) is 10.8 Å². The van der Waals surface area contributed by atoms with Gasteiger partial charge in [0.25, 0.3) is 0 Å². The fourth-order valence-electron chi connectivity index (χ4n) is 3.38. The lowest BCUT2D eigenvalue weighted by Crippen LogP contribution is -2.49. The molecular formula is C18H14B2N2O2. The normalized spacial score (nSPS) is 14.8. The summed E-state index contributed by atoms with van der Waals surface area (Å²) in [5.74, 6) is 0. The highest BCUT2D eigenvalue weighted by Gasteiger charge is 2.30. The number of anilines is 2. The average Bonchev–Trinajstić information content (AvgIpc) is 3.17. The molecule has 0 aromatic heterocycles. The summed E-state index contributed by atoms with van der Waals surface area (Å²) in [5, 5.41) is 9.64. The zero-order chi connectivity index (χ0) is 15.9. The van der Waals surface area contributed by atoms with Crippen LogP contribution in [0.1, 0.15) is 0 Å². The van der Waals surface area contributed by atoms with Crippen LogP contribution in [0, 0.1) is 0 Å². The van der Waals surface area contributed by atoms with Gasteiger partial charge < -0.3 is 19.8 Å². The summed E-state index contributed by atoms with van der Waals surface area (Å²) in [4.78, 5) is 0. The molecule has 2 heterocycles. The van der Waals surface area contributed by atoms with Crippen molar-refractivity contribution in [3.05, 3.63) is 73.2 Å². The first-order valence-corrected chi connectivity index (χ1v) is 7.99. The lowest BCUT2D eigenvalue weighted by molar-refractivity contribution is 0.423. The summed E-state index contributed by atoms with van der Waals surface area (Å²) in [5.41, 5.74) is 4.43. The van der Waals surface area contributed by atoms with Crippen LogP contribution >= 0.6 is 0 Å². The minimum absolute atomic E-state index is 0.000174. The third-order valence-corrected chi connectivity index (χ3v) is 4.48. The number of rotatable bonds is 2. The van der Waals surface area contributed by atoms with Gasteiger partial charge in [-0.15, -0.1) is 0 Å². The molecule has 0 spiro atoms. The van der Waals surface area contributed by atoms with Crippen LogP contribution in [0.4, 0.5) is 11.4 Å². The second kappa shape index (κ2) is 5.27. The van der Waals surface area contributed by atoms with Crippen LogP contribution in [0.5, 0.6) is 0 Å². The van der Waals surface area contributed by atoms with Crippen molar-refractivity contribution in [3.8, 4) is 0 Å². The Balaban J connectivity index is 1.52. The van der Waals surface area contributed by atoms with Gasteiger partial charge in [0.1, 0.15) is 0 Å². The van der Waals surface area contributed by atoms with E-state index in [1.54, 1.807) is 12.5 Å². The molecular weight excluding hydrogens is 298 g/mol. The zero-order valence-electron chi connectivity index (χ0n) is 12.9. The largest absolute Gasteiger partial charge is 0.631 e. The third kappa shape index (κ3) is 2.11. The molecule has 0 radical (unpaired) electrons. The van der Waals surface area contributed by atoms with E-state index in [1.807, 2.05) is 12.1 Å². The standard InChI is InChI=1S/C18H14B2N2O2/c1-4-13-5-2-9-17-18(13)16(8-1)21-19(22-17)14-6-3-7-15(12-14)20-23-10-11-24-20/h1-12,21-22H. The molecule has 3 aromatic rings. The van der Waals surface area contributed by atoms with Gasteiger partial charge in [-0.1, -0.05) is 48.5 Å². The molecule has 114 valence electrons. The molecule has 6 heteroatoms. The Morgan fingerprint density at radius 2 is 1.33 bits per heavy atom. The van der Waals surface area contributed by atoms with Crippen molar-refractivity contribution in [2.45, 2.75) is 0 Å².